The van der Waals surface area contributed by atoms with Crippen molar-refractivity contribution in [2.24, 2.45) is 5.92 Å². The largest absolute Gasteiger partial charge is 0.507 e. The topological polar surface area (TPSA) is 37.3 Å². The Morgan fingerprint density at radius 2 is 1.82 bits per heavy atom. The maximum atomic E-state index is 12.1. The van der Waals surface area contributed by atoms with Crippen LogP contribution >= 0.6 is 0 Å². The van der Waals surface area contributed by atoms with E-state index in [0.29, 0.717) is 5.56 Å². The molecule has 2 rings (SSSR count). The van der Waals surface area contributed by atoms with Crippen LogP contribution in [0.5, 0.6) is 5.75 Å². The van der Waals surface area contributed by atoms with Crippen LogP contribution in [0, 0.1) is 5.92 Å². The zero-order valence-corrected chi connectivity index (χ0v) is 10.1. The second kappa shape index (κ2) is 4.58. The molecule has 0 radical (unpaired) electrons. The summed E-state index contributed by atoms with van der Waals surface area (Å²) in [6, 6.07) is 11.1. The highest BCUT2D eigenvalue weighted by Gasteiger charge is 2.17. The Bertz CT molecular complexity index is 558. The van der Waals surface area contributed by atoms with E-state index >= 15 is 0 Å². The fraction of sp³-hybridized carbons (Fsp3) is 0.267. The van der Waals surface area contributed by atoms with Gasteiger partial charge >= 0.3 is 0 Å². The third kappa shape index (κ3) is 2.16. The van der Waals surface area contributed by atoms with E-state index in [9.17, 15) is 9.90 Å². The minimum absolute atomic E-state index is 0.00996. The quantitative estimate of drug-likeness (QED) is 0.812. The SMILES string of the molecule is CCC(C)C(=O)c1cc2ccccc2cc1O. The summed E-state index contributed by atoms with van der Waals surface area (Å²) in [5.41, 5.74) is 0.429. The molecule has 0 aromatic heterocycles. The summed E-state index contributed by atoms with van der Waals surface area (Å²) in [5.74, 6) is 0.0341. The smallest absolute Gasteiger partial charge is 0.169 e. The highest BCUT2D eigenvalue weighted by atomic mass is 16.3. The molecular formula is C15H16O2. The number of rotatable bonds is 3. The van der Waals surface area contributed by atoms with Crippen molar-refractivity contribution in [3.8, 4) is 5.75 Å². The fourth-order valence-corrected chi connectivity index (χ4v) is 1.88. The van der Waals surface area contributed by atoms with E-state index in [2.05, 4.69) is 0 Å². The normalized spacial score (nSPS) is 12.6. The van der Waals surface area contributed by atoms with Gasteiger partial charge in [0.25, 0.3) is 0 Å². The van der Waals surface area contributed by atoms with Gasteiger partial charge in [-0.2, -0.15) is 0 Å². The number of benzene rings is 2. The maximum Gasteiger partial charge on any atom is 0.169 e. The highest BCUT2D eigenvalue weighted by molar-refractivity contribution is 6.03. The molecule has 2 heteroatoms. The molecule has 2 aromatic rings. The lowest BCUT2D eigenvalue weighted by molar-refractivity contribution is 0.0924. The lowest BCUT2D eigenvalue weighted by Gasteiger charge is -2.10. The molecule has 0 bridgehead atoms. The van der Waals surface area contributed by atoms with Crippen LogP contribution in [-0.4, -0.2) is 10.9 Å². The molecule has 0 amide bonds. The maximum absolute atomic E-state index is 12.1. The van der Waals surface area contributed by atoms with E-state index in [-0.39, 0.29) is 17.5 Å². The van der Waals surface area contributed by atoms with Crippen molar-refractivity contribution in [2.75, 3.05) is 0 Å². The monoisotopic (exact) mass is 228 g/mol. The van der Waals surface area contributed by atoms with Crippen molar-refractivity contribution in [1.82, 2.24) is 0 Å². The Labute approximate surface area is 101 Å². The van der Waals surface area contributed by atoms with Crippen molar-refractivity contribution in [3.05, 3.63) is 42.0 Å². The van der Waals surface area contributed by atoms with Crippen LogP contribution in [0.2, 0.25) is 0 Å². The first-order chi connectivity index (χ1) is 8.13. The van der Waals surface area contributed by atoms with Gasteiger partial charge < -0.3 is 5.11 Å². The Morgan fingerprint density at radius 1 is 1.24 bits per heavy atom. The number of phenols is 1. The van der Waals surface area contributed by atoms with Gasteiger partial charge in [-0.3, -0.25) is 4.79 Å². The predicted octanol–water partition coefficient (Wildman–Crippen LogP) is 3.77. The molecule has 1 N–H and O–H groups in total. The van der Waals surface area contributed by atoms with Gasteiger partial charge in [0.1, 0.15) is 5.75 Å². The summed E-state index contributed by atoms with van der Waals surface area (Å²) in [4.78, 5) is 12.1. The highest BCUT2D eigenvalue weighted by Crippen LogP contribution is 2.27. The van der Waals surface area contributed by atoms with E-state index < -0.39 is 0 Å². The number of carbonyl (C=O) groups is 1. The number of carbonyl (C=O) groups excluding carboxylic acids is 1. The van der Waals surface area contributed by atoms with E-state index in [4.69, 9.17) is 0 Å². The molecule has 2 aromatic carbocycles. The zero-order chi connectivity index (χ0) is 12.4. The van der Waals surface area contributed by atoms with Gasteiger partial charge in [0.05, 0.1) is 5.56 Å². The molecule has 0 heterocycles. The summed E-state index contributed by atoms with van der Waals surface area (Å²) in [6.07, 6.45) is 0.783. The average Bonchev–Trinajstić information content (AvgIpc) is 2.36. The third-order valence-electron chi connectivity index (χ3n) is 3.19. The molecule has 0 spiro atoms. The summed E-state index contributed by atoms with van der Waals surface area (Å²) in [5, 5.41) is 11.8. The van der Waals surface area contributed by atoms with Crippen LogP contribution in [0.1, 0.15) is 30.6 Å². The molecular weight excluding hydrogens is 212 g/mol. The van der Waals surface area contributed by atoms with Crippen molar-refractivity contribution in [2.45, 2.75) is 20.3 Å². The van der Waals surface area contributed by atoms with Gasteiger partial charge in [-0.1, -0.05) is 38.1 Å². The van der Waals surface area contributed by atoms with E-state index in [1.165, 1.54) is 0 Å². The number of hydrogen-bond acceptors (Lipinski definition) is 2. The minimum Gasteiger partial charge on any atom is -0.507 e. The van der Waals surface area contributed by atoms with Gasteiger partial charge in [-0.05, 0) is 29.3 Å². The van der Waals surface area contributed by atoms with Crippen molar-refractivity contribution in [3.63, 3.8) is 0 Å². The lowest BCUT2D eigenvalue weighted by Crippen LogP contribution is -2.10. The van der Waals surface area contributed by atoms with Crippen LogP contribution in [0.4, 0.5) is 0 Å². The molecule has 0 aliphatic rings. The van der Waals surface area contributed by atoms with Crippen molar-refractivity contribution in [1.29, 1.82) is 0 Å². The molecule has 2 nitrogen and oxygen atoms in total. The van der Waals surface area contributed by atoms with Gasteiger partial charge in [-0.15, -0.1) is 0 Å². The van der Waals surface area contributed by atoms with Crippen LogP contribution in [0.3, 0.4) is 0 Å². The van der Waals surface area contributed by atoms with E-state index in [1.54, 1.807) is 12.1 Å². The number of aromatic hydroxyl groups is 1. The van der Waals surface area contributed by atoms with Gasteiger partial charge in [0, 0.05) is 5.92 Å². The summed E-state index contributed by atoms with van der Waals surface area (Å²) < 4.78 is 0. The minimum atomic E-state index is -0.0536. The lowest BCUT2D eigenvalue weighted by atomic mass is 9.94. The fourth-order valence-electron chi connectivity index (χ4n) is 1.88. The summed E-state index contributed by atoms with van der Waals surface area (Å²) >= 11 is 0. The second-order valence-corrected chi connectivity index (χ2v) is 4.39. The summed E-state index contributed by atoms with van der Waals surface area (Å²) in [7, 11) is 0. The molecule has 0 saturated heterocycles. The number of fused-ring (bicyclic) bond motifs is 1. The third-order valence-corrected chi connectivity index (χ3v) is 3.19. The predicted molar refractivity (Wildman–Crippen MR) is 69.4 cm³/mol. The number of hydrogen-bond donors (Lipinski definition) is 1. The number of phenolic OH excluding ortho intramolecular Hbond substituents is 1. The van der Waals surface area contributed by atoms with Crippen molar-refractivity contribution >= 4 is 16.6 Å². The van der Waals surface area contributed by atoms with Crippen LogP contribution in [0.15, 0.2) is 36.4 Å². The first-order valence-electron chi connectivity index (χ1n) is 5.89. The summed E-state index contributed by atoms with van der Waals surface area (Å²) in [6.45, 7) is 3.86. The zero-order valence-electron chi connectivity index (χ0n) is 10.1. The molecule has 17 heavy (non-hydrogen) atoms. The van der Waals surface area contributed by atoms with Crippen LogP contribution < -0.4 is 0 Å². The van der Waals surface area contributed by atoms with Gasteiger partial charge in [0.15, 0.2) is 5.78 Å². The molecule has 88 valence electrons. The number of Topliss-reactive ketones (excluding diaryl/α,β-unsaturated/α-hetero) is 1. The standard InChI is InChI=1S/C15H16O2/c1-3-10(2)15(17)13-8-11-6-4-5-7-12(11)9-14(13)16/h4-10,16H,3H2,1-2H3. The molecule has 1 atom stereocenters. The van der Waals surface area contributed by atoms with Crippen LogP contribution in [0.25, 0.3) is 10.8 Å². The van der Waals surface area contributed by atoms with E-state index in [1.807, 2.05) is 38.1 Å². The Morgan fingerprint density at radius 3 is 2.41 bits per heavy atom. The molecule has 0 aliphatic carbocycles. The Hall–Kier alpha value is -1.83. The Balaban J connectivity index is 2.54. The molecule has 0 fully saturated rings. The molecule has 0 saturated carbocycles. The molecule has 1 unspecified atom stereocenters. The molecule has 0 aliphatic heterocycles. The second-order valence-electron chi connectivity index (χ2n) is 4.39. The number of ketones is 1. The van der Waals surface area contributed by atoms with Crippen molar-refractivity contribution < 1.29 is 9.90 Å². The first-order valence-corrected chi connectivity index (χ1v) is 5.89. The Kier molecular flexibility index (Phi) is 3.14. The first kappa shape index (κ1) is 11.6. The average molecular weight is 228 g/mol. The van der Waals surface area contributed by atoms with E-state index in [0.717, 1.165) is 17.2 Å². The van der Waals surface area contributed by atoms with Crippen LogP contribution in [-0.2, 0) is 0 Å². The van der Waals surface area contributed by atoms with Gasteiger partial charge in [0.2, 0.25) is 0 Å². The van der Waals surface area contributed by atoms with Gasteiger partial charge in [-0.25, -0.2) is 0 Å².